The third kappa shape index (κ3) is 2.83. The molecule has 94 valence electrons. The molecule has 1 aromatic heterocycles. The van der Waals surface area contributed by atoms with Crippen molar-refractivity contribution in [3.63, 3.8) is 0 Å². The lowest BCUT2D eigenvalue weighted by Crippen LogP contribution is -2.02. The molecule has 2 rings (SSSR count). The van der Waals surface area contributed by atoms with Gasteiger partial charge in [0.2, 0.25) is 0 Å². The van der Waals surface area contributed by atoms with Crippen LogP contribution < -0.4 is 5.32 Å². The van der Waals surface area contributed by atoms with Crippen LogP contribution in [0.1, 0.15) is 18.9 Å². The molecule has 18 heavy (non-hydrogen) atoms. The minimum atomic E-state index is -0.253. The molecule has 0 aliphatic heterocycles. The van der Waals surface area contributed by atoms with E-state index in [1.807, 2.05) is 13.0 Å². The SMILES string of the molecule is CCCNc1cc(-c2cc(F)ccc2C)ncn1. The van der Waals surface area contributed by atoms with Crippen molar-refractivity contribution in [3.05, 3.63) is 42.0 Å². The summed E-state index contributed by atoms with van der Waals surface area (Å²) in [6.45, 7) is 4.89. The Balaban J connectivity index is 2.35. The number of nitrogens with zero attached hydrogens (tertiary/aromatic N) is 2. The van der Waals surface area contributed by atoms with Gasteiger partial charge in [-0.3, -0.25) is 0 Å². The molecule has 0 aliphatic carbocycles. The number of benzene rings is 1. The predicted molar refractivity (Wildman–Crippen MR) is 70.9 cm³/mol. The molecule has 0 bridgehead atoms. The molecule has 3 nitrogen and oxygen atoms in total. The standard InChI is InChI=1S/C14H16FN3/c1-3-6-16-14-8-13(17-9-18-14)12-7-11(15)5-4-10(12)2/h4-5,7-9H,3,6H2,1-2H3,(H,16,17,18). The van der Waals surface area contributed by atoms with E-state index in [2.05, 4.69) is 22.2 Å². The van der Waals surface area contributed by atoms with E-state index in [0.29, 0.717) is 0 Å². The lowest BCUT2D eigenvalue weighted by atomic mass is 10.1. The maximum atomic E-state index is 13.3. The Hall–Kier alpha value is -1.97. The first-order chi connectivity index (χ1) is 8.70. The van der Waals surface area contributed by atoms with E-state index in [1.54, 1.807) is 6.07 Å². The van der Waals surface area contributed by atoms with E-state index < -0.39 is 0 Å². The number of hydrogen-bond donors (Lipinski definition) is 1. The minimum absolute atomic E-state index is 0.253. The summed E-state index contributed by atoms with van der Waals surface area (Å²) in [4.78, 5) is 8.34. The van der Waals surface area contributed by atoms with E-state index in [4.69, 9.17) is 0 Å². The molecule has 1 N–H and O–H groups in total. The summed E-state index contributed by atoms with van der Waals surface area (Å²) >= 11 is 0. The molecule has 4 heteroatoms. The minimum Gasteiger partial charge on any atom is -0.370 e. The first-order valence-corrected chi connectivity index (χ1v) is 6.03. The molecular formula is C14H16FN3. The van der Waals surface area contributed by atoms with Crippen molar-refractivity contribution >= 4 is 5.82 Å². The number of anilines is 1. The molecule has 0 radical (unpaired) electrons. The smallest absolute Gasteiger partial charge is 0.129 e. The Bertz CT molecular complexity index is 540. The summed E-state index contributed by atoms with van der Waals surface area (Å²) < 4.78 is 13.3. The second-order valence-electron chi connectivity index (χ2n) is 4.17. The van der Waals surface area contributed by atoms with Crippen molar-refractivity contribution < 1.29 is 4.39 Å². The fourth-order valence-electron chi connectivity index (χ4n) is 1.72. The highest BCUT2D eigenvalue weighted by molar-refractivity contribution is 5.65. The molecule has 2 aromatic rings. The molecule has 0 saturated heterocycles. The van der Waals surface area contributed by atoms with Crippen LogP contribution in [0.3, 0.4) is 0 Å². The van der Waals surface area contributed by atoms with E-state index in [9.17, 15) is 4.39 Å². The van der Waals surface area contributed by atoms with E-state index >= 15 is 0 Å². The fraction of sp³-hybridized carbons (Fsp3) is 0.286. The summed E-state index contributed by atoms with van der Waals surface area (Å²) in [6.07, 6.45) is 2.52. The molecule has 0 amide bonds. The van der Waals surface area contributed by atoms with Gasteiger partial charge in [-0.2, -0.15) is 0 Å². The van der Waals surface area contributed by atoms with Crippen molar-refractivity contribution in [1.82, 2.24) is 9.97 Å². The van der Waals surface area contributed by atoms with Gasteiger partial charge in [-0.1, -0.05) is 13.0 Å². The number of aromatic nitrogens is 2. The first-order valence-electron chi connectivity index (χ1n) is 6.03. The van der Waals surface area contributed by atoms with Gasteiger partial charge in [0.05, 0.1) is 5.69 Å². The van der Waals surface area contributed by atoms with Crippen molar-refractivity contribution in [3.8, 4) is 11.3 Å². The van der Waals surface area contributed by atoms with Gasteiger partial charge in [0.15, 0.2) is 0 Å². The Morgan fingerprint density at radius 2 is 2.06 bits per heavy atom. The molecule has 0 atom stereocenters. The van der Waals surface area contributed by atoms with Crippen LogP contribution in [-0.2, 0) is 0 Å². The lowest BCUT2D eigenvalue weighted by Gasteiger charge is -2.08. The Kier molecular flexibility index (Phi) is 3.87. The number of halogens is 1. The summed E-state index contributed by atoms with van der Waals surface area (Å²) in [7, 11) is 0. The van der Waals surface area contributed by atoms with Gasteiger partial charge in [-0.15, -0.1) is 0 Å². The zero-order valence-corrected chi connectivity index (χ0v) is 10.6. The third-order valence-electron chi connectivity index (χ3n) is 2.70. The van der Waals surface area contributed by atoms with Gasteiger partial charge in [-0.05, 0) is 31.0 Å². The molecule has 0 spiro atoms. The molecule has 0 saturated carbocycles. The highest BCUT2D eigenvalue weighted by atomic mass is 19.1. The van der Waals surface area contributed by atoms with Crippen molar-refractivity contribution in [2.45, 2.75) is 20.3 Å². The molecule has 0 fully saturated rings. The number of rotatable bonds is 4. The predicted octanol–water partition coefficient (Wildman–Crippen LogP) is 3.41. The average Bonchev–Trinajstić information content (AvgIpc) is 2.39. The van der Waals surface area contributed by atoms with Crippen LogP contribution in [-0.4, -0.2) is 16.5 Å². The van der Waals surface area contributed by atoms with Crippen LogP contribution >= 0.6 is 0 Å². The zero-order chi connectivity index (χ0) is 13.0. The molecule has 0 unspecified atom stereocenters. The summed E-state index contributed by atoms with van der Waals surface area (Å²) in [5.74, 6) is 0.516. The zero-order valence-electron chi connectivity index (χ0n) is 10.6. The topological polar surface area (TPSA) is 37.8 Å². The molecule has 0 aliphatic rings. The van der Waals surface area contributed by atoms with Gasteiger partial charge < -0.3 is 5.32 Å². The lowest BCUT2D eigenvalue weighted by molar-refractivity contribution is 0.628. The Morgan fingerprint density at radius 1 is 1.22 bits per heavy atom. The van der Waals surface area contributed by atoms with Crippen molar-refractivity contribution in [2.75, 3.05) is 11.9 Å². The maximum absolute atomic E-state index is 13.3. The normalized spacial score (nSPS) is 10.4. The first kappa shape index (κ1) is 12.5. The molecule has 1 aromatic carbocycles. The van der Waals surface area contributed by atoms with E-state index in [0.717, 1.165) is 35.6 Å². The third-order valence-corrected chi connectivity index (χ3v) is 2.70. The Morgan fingerprint density at radius 3 is 2.83 bits per heavy atom. The number of nitrogens with one attached hydrogen (secondary N) is 1. The second kappa shape index (κ2) is 5.58. The quantitative estimate of drug-likeness (QED) is 0.897. The van der Waals surface area contributed by atoms with Gasteiger partial charge >= 0.3 is 0 Å². The monoisotopic (exact) mass is 245 g/mol. The van der Waals surface area contributed by atoms with E-state index in [1.165, 1.54) is 18.5 Å². The maximum Gasteiger partial charge on any atom is 0.129 e. The van der Waals surface area contributed by atoms with Gasteiger partial charge in [0.1, 0.15) is 18.0 Å². The molecular weight excluding hydrogens is 229 g/mol. The highest BCUT2D eigenvalue weighted by Crippen LogP contribution is 2.23. The number of aryl methyl sites for hydroxylation is 1. The second-order valence-corrected chi connectivity index (χ2v) is 4.17. The van der Waals surface area contributed by atoms with Crippen LogP contribution in [0.15, 0.2) is 30.6 Å². The summed E-state index contributed by atoms with van der Waals surface area (Å²) in [5, 5.41) is 3.19. The summed E-state index contributed by atoms with van der Waals surface area (Å²) in [6, 6.07) is 6.56. The van der Waals surface area contributed by atoms with Crippen LogP contribution in [0.4, 0.5) is 10.2 Å². The Labute approximate surface area is 106 Å². The van der Waals surface area contributed by atoms with Gasteiger partial charge in [0.25, 0.3) is 0 Å². The van der Waals surface area contributed by atoms with Gasteiger partial charge in [-0.25, -0.2) is 14.4 Å². The van der Waals surface area contributed by atoms with Crippen LogP contribution in [0.5, 0.6) is 0 Å². The average molecular weight is 245 g/mol. The van der Waals surface area contributed by atoms with Crippen LogP contribution in [0.2, 0.25) is 0 Å². The number of hydrogen-bond acceptors (Lipinski definition) is 3. The largest absolute Gasteiger partial charge is 0.370 e. The van der Waals surface area contributed by atoms with Gasteiger partial charge in [0, 0.05) is 18.2 Å². The van der Waals surface area contributed by atoms with Crippen LogP contribution in [0, 0.1) is 12.7 Å². The fourth-order valence-corrected chi connectivity index (χ4v) is 1.72. The van der Waals surface area contributed by atoms with Crippen LogP contribution in [0.25, 0.3) is 11.3 Å². The molecule has 1 heterocycles. The van der Waals surface area contributed by atoms with Crippen molar-refractivity contribution in [1.29, 1.82) is 0 Å². The highest BCUT2D eigenvalue weighted by Gasteiger charge is 2.06. The summed E-state index contributed by atoms with van der Waals surface area (Å²) in [5.41, 5.74) is 2.54. The van der Waals surface area contributed by atoms with E-state index in [-0.39, 0.29) is 5.82 Å². The van der Waals surface area contributed by atoms with Crippen molar-refractivity contribution in [2.24, 2.45) is 0 Å².